The third-order valence-corrected chi connectivity index (χ3v) is 4.59. The highest BCUT2D eigenvalue weighted by molar-refractivity contribution is 6.09. The quantitative estimate of drug-likeness (QED) is 0.796. The number of hydrogen-bond donors (Lipinski definition) is 1. The van der Waals surface area contributed by atoms with Crippen LogP contribution in [0.2, 0.25) is 0 Å². The van der Waals surface area contributed by atoms with E-state index in [9.17, 15) is 9.59 Å². The molecule has 5 nitrogen and oxygen atoms in total. The summed E-state index contributed by atoms with van der Waals surface area (Å²) >= 11 is 0. The minimum atomic E-state index is -0.213. The first-order valence-electron chi connectivity index (χ1n) is 8.36. The summed E-state index contributed by atoms with van der Waals surface area (Å²) in [6.07, 6.45) is 0.668. The van der Waals surface area contributed by atoms with Crippen molar-refractivity contribution in [2.75, 3.05) is 13.1 Å². The first-order chi connectivity index (χ1) is 12.1. The topological polar surface area (TPSA) is 68.3 Å². The highest BCUT2D eigenvalue weighted by Gasteiger charge is 2.32. The van der Waals surface area contributed by atoms with Gasteiger partial charge in [0.25, 0.3) is 11.8 Å². The molecule has 2 N–H and O–H groups in total. The molecule has 0 radical (unpaired) electrons. The van der Waals surface area contributed by atoms with Gasteiger partial charge in [0.05, 0.1) is 5.52 Å². The Labute approximate surface area is 145 Å². The molecule has 1 amide bonds. The molecule has 5 heteroatoms. The van der Waals surface area contributed by atoms with Gasteiger partial charge in [0.15, 0.2) is 0 Å². The lowest BCUT2D eigenvalue weighted by Crippen LogP contribution is -2.49. The molecular weight excluding hydrogens is 314 g/mol. The summed E-state index contributed by atoms with van der Waals surface area (Å²) in [5.41, 5.74) is 8.55. The van der Waals surface area contributed by atoms with Gasteiger partial charge in [-0.25, -0.2) is 0 Å². The van der Waals surface area contributed by atoms with Crippen LogP contribution in [-0.4, -0.2) is 40.4 Å². The molecule has 1 aromatic heterocycles. The maximum absolute atomic E-state index is 12.8. The molecule has 0 unspecified atom stereocenters. The van der Waals surface area contributed by atoms with E-state index < -0.39 is 0 Å². The predicted molar refractivity (Wildman–Crippen MR) is 96.6 cm³/mol. The smallest absolute Gasteiger partial charge is 0.271 e. The lowest BCUT2D eigenvalue weighted by molar-refractivity contribution is 0.0615. The number of carbonyl (C=O) groups excluding carboxylic acids is 2. The number of fused-ring (bicyclic) bond motifs is 3. The Balaban J connectivity index is 1.57. The van der Waals surface area contributed by atoms with Crippen LogP contribution in [0.25, 0.3) is 10.9 Å². The highest BCUT2D eigenvalue weighted by Crippen LogP contribution is 2.24. The second-order valence-electron chi connectivity index (χ2n) is 6.45. The highest BCUT2D eigenvalue weighted by atomic mass is 16.2. The van der Waals surface area contributed by atoms with Gasteiger partial charge in [-0.3, -0.25) is 14.2 Å². The fourth-order valence-corrected chi connectivity index (χ4v) is 3.46. The number of aromatic nitrogens is 1. The van der Waals surface area contributed by atoms with Crippen LogP contribution >= 0.6 is 0 Å². The fourth-order valence-electron chi connectivity index (χ4n) is 3.46. The standard InChI is InChI=1S/C20H19N3O2/c21-16(10-14-6-2-1-3-7-14)12-22-13-19(24)23-17-9-5-4-8-15(17)11-18(23)20(22)25/h1-9,11,16H,10,12-13,21H2/t16-/m0/s1. The fraction of sp³-hybridized carbons (Fsp3) is 0.200. The number of amides is 1. The number of para-hydroxylation sites is 1. The molecule has 0 saturated heterocycles. The van der Waals surface area contributed by atoms with Crippen molar-refractivity contribution < 1.29 is 9.59 Å². The van der Waals surface area contributed by atoms with Gasteiger partial charge in [0, 0.05) is 18.0 Å². The van der Waals surface area contributed by atoms with Crippen LogP contribution in [0.4, 0.5) is 0 Å². The maximum Gasteiger partial charge on any atom is 0.271 e. The normalized spacial score (nSPS) is 15.5. The van der Waals surface area contributed by atoms with Crippen LogP contribution in [0.3, 0.4) is 0 Å². The molecule has 25 heavy (non-hydrogen) atoms. The second kappa shape index (κ2) is 6.18. The summed E-state index contributed by atoms with van der Waals surface area (Å²) in [6, 6.07) is 19.0. The lowest BCUT2D eigenvalue weighted by atomic mass is 10.1. The summed E-state index contributed by atoms with van der Waals surface area (Å²) in [7, 11) is 0. The van der Waals surface area contributed by atoms with Crippen LogP contribution in [-0.2, 0) is 6.42 Å². The van der Waals surface area contributed by atoms with Crippen LogP contribution in [0.15, 0.2) is 60.7 Å². The van der Waals surface area contributed by atoms with E-state index in [1.54, 1.807) is 11.0 Å². The molecule has 1 atom stereocenters. The van der Waals surface area contributed by atoms with Gasteiger partial charge in [-0.15, -0.1) is 0 Å². The summed E-state index contributed by atoms with van der Waals surface area (Å²) in [6.45, 7) is 0.425. The zero-order valence-electron chi connectivity index (χ0n) is 13.8. The molecule has 0 spiro atoms. The van der Waals surface area contributed by atoms with Gasteiger partial charge in [-0.2, -0.15) is 0 Å². The third kappa shape index (κ3) is 2.83. The van der Waals surface area contributed by atoms with Crippen molar-refractivity contribution in [3.05, 3.63) is 71.9 Å². The van der Waals surface area contributed by atoms with Crippen molar-refractivity contribution in [1.82, 2.24) is 9.47 Å². The summed E-state index contributed by atoms with van der Waals surface area (Å²) in [5, 5.41) is 0.898. The van der Waals surface area contributed by atoms with Gasteiger partial charge >= 0.3 is 0 Å². The zero-order valence-corrected chi connectivity index (χ0v) is 13.8. The summed E-state index contributed by atoms with van der Waals surface area (Å²) in [5.74, 6) is -0.234. The number of benzene rings is 2. The Kier molecular flexibility index (Phi) is 3.86. The molecule has 126 valence electrons. The third-order valence-electron chi connectivity index (χ3n) is 4.59. The van der Waals surface area contributed by atoms with E-state index in [0.717, 1.165) is 16.5 Å². The van der Waals surface area contributed by atoms with E-state index in [-0.39, 0.29) is 24.4 Å². The number of hydrogen-bond acceptors (Lipinski definition) is 3. The van der Waals surface area contributed by atoms with Crippen LogP contribution in [0, 0.1) is 0 Å². The predicted octanol–water partition coefficient (Wildman–Crippen LogP) is 2.31. The maximum atomic E-state index is 12.8. The van der Waals surface area contributed by atoms with Crippen molar-refractivity contribution in [2.45, 2.75) is 12.5 Å². The molecule has 0 bridgehead atoms. The molecule has 2 heterocycles. The number of nitrogens with zero attached hydrogens (tertiary/aromatic N) is 2. The average molecular weight is 333 g/mol. The Bertz CT molecular complexity index is 946. The van der Waals surface area contributed by atoms with Gasteiger partial charge in [0.1, 0.15) is 12.2 Å². The lowest BCUT2D eigenvalue weighted by Gasteiger charge is -2.29. The molecule has 0 aliphatic carbocycles. The average Bonchev–Trinajstić information content (AvgIpc) is 3.00. The van der Waals surface area contributed by atoms with Gasteiger partial charge in [-0.05, 0) is 24.1 Å². The molecular formula is C20H19N3O2. The van der Waals surface area contributed by atoms with Crippen LogP contribution in [0.1, 0.15) is 20.8 Å². The monoisotopic (exact) mass is 333 g/mol. The van der Waals surface area contributed by atoms with E-state index in [0.29, 0.717) is 18.7 Å². The van der Waals surface area contributed by atoms with E-state index in [2.05, 4.69) is 0 Å². The second-order valence-corrected chi connectivity index (χ2v) is 6.45. The van der Waals surface area contributed by atoms with Crippen molar-refractivity contribution >= 4 is 22.7 Å². The number of nitrogens with two attached hydrogens (primary N) is 1. The Morgan fingerprint density at radius 3 is 2.52 bits per heavy atom. The molecule has 1 aliphatic rings. The summed E-state index contributed by atoms with van der Waals surface area (Å²) < 4.78 is 1.52. The molecule has 0 saturated carbocycles. The number of carbonyl (C=O) groups is 2. The number of rotatable bonds is 4. The van der Waals surface area contributed by atoms with E-state index in [1.165, 1.54) is 4.57 Å². The first kappa shape index (κ1) is 15.6. The molecule has 1 aliphatic heterocycles. The van der Waals surface area contributed by atoms with E-state index in [1.807, 2.05) is 54.6 Å². The molecule has 4 rings (SSSR count). The largest absolute Gasteiger partial charge is 0.326 e. The Morgan fingerprint density at radius 1 is 1.00 bits per heavy atom. The van der Waals surface area contributed by atoms with Crippen molar-refractivity contribution in [1.29, 1.82) is 0 Å². The van der Waals surface area contributed by atoms with Crippen molar-refractivity contribution in [2.24, 2.45) is 5.73 Å². The molecule has 3 aromatic rings. The van der Waals surface area contributed by atoms with Gasteiger partial charge in [-0.1, -0.05) is 48.5 Å². The minimum Gasteiger partial charge on any atom is -0.326 e. The van der Waals surface area contributed by atoms with Crippen molar-refractivity contribution in [3.63, 3.8) is 0 Å². The van der Waals surface area contributed by atoms with Gasteiger partial charge < -0.3 is 10.6 Å². The zero-order chi connectivity index (χ0) is 17.4. The van der Waals surface area contributed by atoms with E-state index >= 15 is 0 Å². The Hall–Kier alpha value is -2.92. The summed E-state index contributed by atoms with van der Waals surface area (Å²) in [4.78, 5) is 27.0. The first-order valence-corrected chi connectivity index (χ1v) is 8.36. The van der Waals surface area contributed by atoms with E-state index in [4.69, 9.17) is 5.73 Å². The Morgan fingerprint density at radius 2 is 1.72 bits per heavy atom. The minimum absolute atomic E-state index is 0.0625. The van der Waals surface area contributed by atoms with Crippen LogP contribution < -0.4 is 5.73 Å². The molecule has 0 fully saturated rings. The van der Waals surface area contributed by atoms with Crippen molar-refractivity contribution in [3.8, 4) is 0 Å². The SMILES string of the molecule is N[C@@H](Cc1ccccc1)CN1CC(=O)n2c(cc3ccccc32)C1=O. The van der Waals surface area contributed by atoms with Crippen LogP contribution in [0.5, 0.6) is 0 Å². The van der Waals surface area contributed by atoms with Gasteiger partial charge in [0.2, 0.25) is 0 Å². The molecule has 2 aromatic carbocycles.